The Kier molecular flexibility index (Phi) is 6.11. The summed E-state index contributed by atoms with van der Waals surface area (Å²) in [5, 5.41) is 0. The molecule has 0 spiro atoms. The van der Waals surface area contributed by atoms with Crippen molar-refractivity contribution in [1.29, 1.82) is 0 Å². The van der Waals surface area contributed by atoms with Crippen LogP contribution in [0.1, 0.15) is 32.3 Å². The van der Waals surface area contributed by atoms with Crippen LogP contribution in [0.3, 0.4) is 0 Å². The Balaban J connectivity index is 0.000000310. The van der Waals surface area contributed by atoms with E-state index in [1.807, 2.05) is 0 Å². The minimum atomic E-state index is -0.791. The number of benzene rings is 1. The van der Waals surface area contributed by atoms with Crippen LogP contribution in [0.2, 0.25) is 0 Å². The normalized spacial score (nSPS) is 9.00. The highest BCUT2D eigenvalue weighted by Crippen LogP contribution is 2.06. The first-order valence-electron chi connectivity index (χ1n) is 4.53. The van der Waals surface area contributed by atoms with E-state index < -0.39 is 11.6 Å². The molecule has 0 N–H and O–H groups in total. The smallest absolute Gasteiger partial charge is 0.159 e. The van der Waals surface area contributed by atoms with Gasteiger partial charge in [-0.3, -0.25) is 0 Å². The van der Waals surface area contributed by atoms with Gasteiger partial charge in [0, 0.05) is 0 Å². The predicted octanol–water partition coefficient (Wildman–Crippen LogP) is 4.08. The zero-order chi connectivity index (χ0) is 10.3. The fourth-order valence-corrected chi connectivity index (χ4v) is 0.601. The molecule has 74 valence electrons. The van der Waals surface area contributed by atoms with Gasteiger partial charge < -0.3 is 0 Å². The highest BCUT2D eigenvalue weighted by atomic mass is 19.2. The first-order chi connectivity index (χ1) is 6.11. The lowest BCUT2D eigenvalue weighted by Gasteiger charge is -1.91. The van der Waals surface area contributed by atoms with E-state index in [0.29, 0.717) is 0 Å². The molecule has 1 aromatic carbocycles. The van der Waals surface area contributed by atoms with Gasteiger partial charge in [-0.15, -0.1) is 0 Å². The third kappa shape index (κ3) is 5.34. The van der Waals surface area contributed by atoms with Crippen LogP contribution < -0.4 is 0 Å². The van der Waals surface area contributed by atoms with E-state index in [1.165, 1.54) is 18.9 Å². The summed E-state index contributed by atoms with van der Waals surface area (Å²) in [4.78, 5) is 0. The highest BCUT2D eigenvalue weighted by molar-refractivity contribution is 5.15. The van der Waals surface area contributed by atoms with Gasteiger partial charge in [-0.25, -0.2) is 8.78 Å². The van der Waals surface area contributed by atoms with Crippen LogP contribution in [-0.4, -0.2) is 0 Å². The van der Waals surface area contributed by atoms with E-state index in [9.17, 15) is 8.78 Å². The molecule has 0 unspecified atom stereocenters. The van der Waals surface area contributed by atoms with Crippen molar-refractivity contribution in [2.45, 2.75) is 33.6 Å². The van der Waals surface area contributed by atoms with Crippen molar-refractivity contribution in [2.75, 3.05) is 0 Å². The molecule has 1 rings (SSSR count). The van der Waals surface area contributed by atoms with Crippen molar-refractivity contribution in [2.24, 2.45) is 0 Å². The van der Waals surface area contributed by atoms with Gasteiger partial charge >= 0.3 is 0 Å². The molecule has 1 aromatic rings. The summed E-state index contributed by atoms with van der Waals surface area (Å²) < 4.78 is 24.3. The first-order valence-corrected chi connectivity index (χ1v) is 4.53. The largest absolute Gasteiger partial charge is 0.204 e. The number of hydrogen-bond donors (Lipinski definition) is 0. The Bertz CT molecular complexity index is 242. The molecule has 2 heteroatoms. The van der Waals surface area contributed by atoms with E-state index in [2.05, 4.69) is 13.8 Å². The number of unbranched alkanes of at least 4 members (excludes halogenated alkanes) is 1. The zero-order valence-corrected chi connectivity index (χ0v) is 8.40. The standard InChI is InChI=1S/C7H6F2.C4H10/c1-5-2-3-6(8)7(9)4-5;1-3-4-2/h2-4H,1H3;3-4H2,1-2H3. The van der Waals surface area contributed by atoms with E-state index in [-0.39, 0.29) is 0 Å². The molecule has 13 heavy (non-hydrogen) atoms. The van der Waals surface area contributed by atoms with Crippen LogP contribution >= 0.6 is 0 Å². The van der Waals surface area contributed by atoms with Crippen molar-refractivity contribution in [3.8, 4) is 0 Å². The van der Waals surface area contributed by atoms with Gasteiger partial charge in [-0.05, 0) is 24.6 Å². The van der Waals surface area contributed by atoms with Crippen molar-refractivity contribution in [3.63, 3.8) is 0 Å². The maximum atomic E-state index is 12.2. The van der Waals surface area contributed by atoms with Crippen molar-refractivity contribution in [3.05, 3.63) is 35.4 Å². The first kappa shape index (κ1) is 12.1. The van der Waals surface area contributed by atoms with Gasteiger partial charge in [-0.1, -0.05) is 32.8 Å². The molecule has 0 aliphatic heterocycles. The number of aryl methyl sites for hydroxylation is 1. The van der Waals surface area contributed by atoms with Gasteiger partial charge in [0.25, 0.3) is 0 Å². The van der Waals surface area contributed by atoms with Crippen LogP contribution in [0.5, 0.6) is 0 Å². The van der Waals surface area contributed by atoms with E-state index in [4.69, 9.17) is 0 Å². The van der Waals surface area contributed by atoms with Crippen molar-refractivity contribution < 1.29 is 8.78 Å². The Morgan fingerprint density at radius 2 is 1.54 bits per heavy atom. The average Bonchev–Trinajstić information content (AvgIpc) is 2.12. The molecular weight excluding hydrogens is 170 g/mol. The molecule has 0 bridgehead atoms. The molecule has 0 aliphatic rings. The topological polar surface area (TPSA) is 0 Å². The molecule has 0 aliphatic carbocycles. The van der Waals surface area contributed by atoms with Crippen LogP contribution in [0, 0.1) is 18.6 Å². The van der Waals surface area contributed by atoms with Gasteiger partial charge in [-0.2, -0.15) is 0 Å². The second-order valence-electron chi connectivity index (χ2n) is 2.92. The molecule has 0 radical (unpaired) electrons. The maximum absolute atomic E-state index is 12.2. The Morgan fingerprint density at radius 1 is 1.00 bits per heavy atom. The van der Waals surface area contributed by atoms with Gasteiger partial charge in [0.15, 0.2) is 11.6 Å². The fraction of sp³-hybridized carbons (Fsp3) is 0.455. The summed E-state index contributed by atoms with van der Waals surface area (Å²) in [5.74, 6) is -1.57. The highest BCUT2D eigenvalue weighted by Gasteiger charge is 1.97. The van der Waals surface area contributed by atoms with Crippen LogP contribution in [0.4, 0.5) is 8.78 Å². The minimum Gasteiger partial charge on any atom is -0.204 e. The summed E-state index contributed by atoms with van der Waals surface area (Å²) in [5.41, 5.74) is 0.730. The molecule has 0 aromatic heterocycles. The number of halogens is 2. The summed E-state index contributed by atoms with van der Waals surface area (Å²) in [6.07, 6.45) is 2.64. The lowest BCUT2D eigenvalue weighted by atomic mass is 10.2. The molecule has 0 saturated carbocycles. The monoisotopic (exact) mass is 186 g/mol. The summed E-state index contributed by atoms with van der Waals surface area (Å²) in [6, 6.07) is 3.80. The Hall–Kier alpha value is -0.920. The molecule has 0 fully saturated rings. The lowest BCUT2D eigenvalue weighted by molar-refractivity contribution is 0.508. The quantitative estimate of drug-likeness (QED) is 0.620. The summed E-state index contributed by atoms with van der Waals surface area (Å²) >= 11 is 0. The molecule has 0 nitrogen and oxygen atoms in total. The van der Waals surface area contributed by atoms with Crippen LogP contribution in [-0.2, 0) is 0 Å². The van der Waals surface area contributed by atoms with Crippen molar-refractivity contribution in [1.82, 2.24) is 0 Å². The van der Waals surface area contributed by atoms with Gasteiger partial charge in [0.05, 0.1) is 0 Å². The van der Waals surface area contributed by atoms with E-state index in [0.717, 1.165) is 17.7 Å². The summed E-state index contributed by atoms with van der Waals surface area (Å²) in [6.45, 7) is 6.07. The SMILES string of the molecule is CCCC.Cc1ccc(F)c(F)c1. The molecule has 0 atom stereocenters. The number of rotatable bonds is 1. The van der Waals surface area contributed by atoms with Crippen molar-refractivity contribution >= 4 is 0 Å². The molecule has 0 heterocycles. The van der Waals surface area contributed by atoms with Gasteiger partial charge in [0.1, 0.15) is 0 Å². The van der Waals surface area contributed by atoms with Crippen LogP contribution in [0.15, 0.2) is 18.2 Å². The fourth-order valence-electron chi connectivity index (χ4n) is 0.601. The van der Waals surface area contributed by atoms with E-state index >= 15 is 0 Å². The summed E-state index contributed by atoms with van der Waals surface area (Å²) in [7, 11) is 0. The van der Waals surface area contributed by atoms with Crippen LogP contribution in [0.25, 0.3) is 0 Å². The minimum absolute atomic E-state index is 0.730. The molecular formula is C11H16F2. The average molecular weight is 186 g/mol. The third-order valence-corrected chi connectivity index (χ3v) is 1.58. The molecule has 0 amide bonds. The lowest BCUT2D eigenvalue weighted by Crippen LogP contribution is -1.82. The second kappa shape index (κ2) is 6.58. The van der Waals surface area contributed by atoms with Gasteiger partial charge in [0.2, 0.25) is 0 Å². The maximum Gasteiger partial charge on any atom is 0.159 e. The predicted molar refractivity (Wildman–Crippen MR) is 51.7 cm³/mol. The second-order valence-corrected chi connectivity index (χ2v) is 2.92. The number of hydrogen-bond acceptors (Lipinski definition) is 0. The Morgan fingerprint density at radius 3 is 1.85 bits per heavy atom. The molecule has 0 saturated heterocycles. The van der Waals surface area contributed by atoms with E-state index in [1.54, 1.807) is 6.92 Å². The zero-order valence-electron chi connectivity index (χ0n) is 8.40. The Labute approximate surface area is 78.6 Å². The third-order valence-electron chi connectivity index (χ3n) is 1.58.